The van der Waals surface area contributed by atoms with Crippen LogP contribution in [0.25, 0.3) is 22.2 Å². The molecule has 0 bridgehead atoms. The lowest BCUT2D eigenvalue weighted by molar-refractivity contribution is -0.160. The summed E-state index contributed by atoms with van der Waals surface area (Å²) in [5.41, 5.74) is 5.19. The van der Waals surface area contributed by atoms with Crippen molar-refractivity contribution in [1.82, 2.24) is 9.55 Å². The van der Waals surface area contributed by atoms with Gasteiger partial charge in [-0.3, -0.25) is 0 Å². The molecule has 3 aromatic rings. The summed E-state index contributed by atoms with van der Waals surface area (Å²) in [5, 5.41) is 11.9. The fourth-order valence-corrected chi connectivity index (χ4v) is 5.15. The quantitative estimate of drug-likeness (QED) is 0.276. The van der Waals surface area contributed by atoms with E-state index in [0.717, 1.165) is 72.3 Å². The van der Waals surface area contributed by atoms with E-state index in [1.807, 2.05) is 52.0 Å². The molecule has 1 atom stereocenters. The molecule has 1 fully saturated rings. The Morgan fingerprint density at radius 3 is 2.38 bits per heavy atom. The van der Waals surface area contributed by atoms with Gasteiger partial charge in [0.15, 0.2) is 6.10 Å². The number of pyridine rings is 1. The van der Waals surface area contributed by atoms with Gasteiger partial charge in [-0.2, -0.15) is 0 Å². The highest BCUT2D eigenvalue weighted by molar-refractivity contribution is 6.30. The zero-order valence-corrected chi connectivity index (χ0v) is 23.8. The van der Waals surface area contributed by atoms with Crippen LogP contribution in [-0.4, -0.2) is 38.4 Å². The van der Waals surface area contributed by atoms with Crippen molar-refractivity contribution in [3.63, 3.8) is 0 Å². The fourth-order valence-electron chi connectivity index (χ4n) is 5.02. The molecular formula is C30H39ClN2O4. The van der Waals surface area contributed by atoms with E-state index in [4.69, 9.17) is 26.1 Å². The Bertz CT molecular complexity index is 1300. The van der Waals surface area contributed by atoms with E-state index < -0.39 is 17.7 Å². The lowest BCUT2D eigenvalue weighted by atomic mass is 9.91. The number of unbranched alkanes of at least 4 members (excludes halogenated alkanes) is 1. The molecule has 0 amide bonds. The predicted molar refractivity (Wildman–Crippen MR) is 148 cm³/mol. The number of rotatable bonds is 10. The zero-order valence-electron chi connectivity index (χ0n) is 23.1. The first-order valence-electron chi connectivity index (χ1n) is 13.2. The molecule has 6 nitrogen and oxygen atoms in total. The van der Waals surface area contributed by atoms with Gasteiger partial charge in [0.05, 0.1) is 17.7 Å². The average Bonchev–Trinajstić information content (AvgIpc) is 3.55. The molecular weight excluding hydrogens is 488 g/mol. The van der Waals surface area contributed by atoms with Crippen LogP contribution in [0.4, 0.5) is 0 Å². The summed E-state index contributed by atoms with van der Waals surface area (Å²) >= 11 is 6.23. The van der Waals surface area contributed by atoms with Gasteiger partial charge in [0.2, 0.25) is 0 Å². The number of aromatic nitrogens is 2. The van der Waals surface area contributed by atoms with Crippen LogP contribution in [0.5, 0.6) is 0 Å². The molecule has 1 N–H and O–H groups in total. The number of aliphatic carboxylic acids is 1. The number of nitrogens with zero attached hydrogens (tertiary/aromatic N) is 2. The molecule has 7 heteroatoms. The van der Waals surface area contributed by atoms with Gasteiger partial charge < -0.3 is 19.1 Å². The SMILES string of the molecule is CCCCOC1(Cn2c(C)c(C)c3c(-c4ccc(Cl)cc4)c([C@H](OC(C)(C)C)C(=O)O)c(C)nc32)CC1. The second-order valence-corrected chi connectivity index (χ2v) is 11.8. The molecule has 1 aliphatic carbocycles. The minimum atomic E-state index is -1.17. The molecule has 1 aromatic carbocycles. The third-order valence-corrected chi connectivity index (χ3v) is 7.49. The topological polar surface area (TPSA) is 73.6 Å². The Morgan fingerprint density at radius 1 is 1.19 bits per heavy atom. The number of aryl methyl sites for hydroxylation is 2. The number of halogens is 1. The first-order chi connectivity index (χ1) is 17.4. The van der Waals surface area contributed by atoms with E-state index in [2.05, 4.69) is 25.3 Å². The number of hydrogen-bond acceptors (Lipinski definition) is 4. The highest BCUT2D eigenvalue weighted by Gasteiger charge is 2.45. The minimum Gasteiger partial charge on any atom is -0.479 e. The predicted octanol–water partition coefficient (Wildman–Crippen LogP) is 7.57. The summed E-state index contributed by atoms with van der Waals surface area (Å²) in [6, 6.07) is 7.56. The van der Waals surface area contributed by atoms with Crippen molar-refractivity contribution < 1.29 is 19.4 Å². The van der Waals surface area contributed by atoms with Crippen molar-refractivity contribution in [3.05, 3.63) is 51.8 Å². The Hall–Kier alpha value is -2.41. The van der Waals surface area contributed by atoms with Crippen molar-refractivity contribution in [3.8, 4) is 11.1 Å². The standard InChI is InChI=1S/C30H39ClN2O4/c1-8-9-16-36-30(14-15-30)17-33-20(4)18(2)23-25(21-10-12-22(31)13-11-21)24(19(3)32-27(23)33)26(28(34)35)37-29(5,6)7/h10-13,26H,8-9,14-17H2,1-7H3,(H,34,35)/t26-/m0/s1. The summed E-state index contributed by atoms with van der Waals surface area (Å²) < 4.78 is 14.7. The number of ether oxygens (including phenoxy) is 2. The lowest BCUT2D eigenvalue weighted by Gasteiger charge is -2.28. The Morgan fingerprint density at radius 2 is 1.84 bits per heavy atom. The largest absolute Gasteiger partial charge is 0.479 e. The Labute approximate surface area is 224 Å². The number of carboxylic acid groups (broad SMARTS) is 1. The van der Waals surface area contributed by atoms with E-state index in [1.165, 1.54) is 0 Å². The molecule has 37 heavy (non-hydrogen) atoms. The van der Waals surface area contributed by atoms with Crippen molar-refractivity contribution in [2.24, 2.45) is 0 Å². The van der Waals surface area contributed by atoms with Crippen molar-refractivity contribution in [1.29, 1.82) is 0 Å². The van der Waals surface area contributed by atoms with Gasteiger partial charge in [-0.25, -0.2) is 9.78 Å². The minimum absolute atomic E-state index is 0.147. The number of hydrogen-bond donors (Lipinski definition) is 1. The summed E-state index contributed by atoms with van der Waals surface area (Å²) in [6.45, 7) is 15.4. The highest BCUT2D eigenvalue weighted by Crippen LogP contribution is 2.46. The van der Waals surface area contributed by atoms with Gasteiger partial charge in [0.25, 0.3) is 0 Å². The lowest BCUT2D eigenvalue weighted by Crippen LogP contribution is -2.28. The maximum Gasteiger partial charge on any atom is 0.337 e. The van der Waals surface area contributed by atoms with E-state index in [1.54, 1.807) is 0 Å². The van der Waals surface area contributed by atoms with Crippen LogP contribution >= 0.6 is 11.6 Å². The van der Waals surface area contributed by atoms with E-state index in [0.29, 0.717) is 16.3 Å². The number of carbonyl (C=O) groups is 1. The monoisotopic (exact) mass is 526 g/mol. The molecule has 0 radical (unpaired) electrons. The van der Waals surface area contributed by atoms with Gasteiger partial charge >= 0.3 is 5.97 Å². The van der Waals surface area contributed by atoms with Crippen molar-refractivity contribution >= 4 is 28.6 Å². The van der Waals surface area contributed by atoms with Crippen LogP contribution in [0, 0.1) is 20.8 Å². The van der Waals surface area contributed by atoms with Crippen LogP contribution in [0.15, 0.2) is 24.3 Å². The second kappa shape index (κ2) is 10.4. The molecule has 2 aromatic heterocycles. The number of carboxylic acids is 1. The zero-order chi connectivity index (χ0) is 27.1. The molecule has 0 saturated heterocycles. The van der Waals surface area contributed by atoms with E-state index >= 15 is 0 Å². The first kappa shape index (κ1) is 27.6. The smallest absolute Gasteiger partial charge is 0.337 e. The molecule has 0 unspecified atom stereocenters. The fraction of sp³-hybridized carbons (Fsp3) is 0.533. The summed E-state index contributed by atoms with van der Waals surface area (Å²) in [6.07, 6.45) is 3.07. The van der Waals surface area contributed by atoms with Crippen LogP contribution in [0.3, 0.4) is 0 Å². The van der Waals surface area contributed by atoms with Crippen LogP contribution in [-0.2, 0) is 20.8 Å². The molecule has 0 aliphatic heterocycles. The van der Waals surface area contributed by atoms with E-state index in [9.17, 15) is 9.90 Å². The third-order valence-electron chi connectivity index (χ3n) is 7.24. The third kappa shape index (κ3) is 5.71. The molecule has 0 spiro atoms. The number of benzene rings is 1. The number of fused-ring (bicyclic) bond motifs is 1. The summed E-state index contributed by atoms with van der Waals surface area (Å²) in [4.78, 5) is 17.6. The average molecular weight is 527 g/mol. The molecule has 2 heterocycles. The molecule has 1 saturated carbocycles. The molecule has 200 valence electrons. The Kier molecular flexibility index (Phi) is 7.76. The second-order valence-electron chi connectivity index (χ2n) is 11.3. The molecule has 1 aliphatic rings. The van der Waals surface area contributed by atoms with Gasteiger partial charge in [-0.1, -0.05) is 37.1 Å². The van der Waals surface area contributed by atoms with Gasteiger partial charge in [-0.15, -0.1) is 0 Å². The normalized spacial score (nSPS) is 15.8. The highest BCUT2D eigenvalue weighted by atomic mass is 35.5. The Balaban J connectivity index is 1.96. The first-order valence-corrected chi connectivity index (χ1v) is 13.6. The maximum atomic E-state index is 12.6. The molecule has 4 rings (SSSR count). The van der Waals surface area contributed by atoms with Crippen LogP contribution in [0.2, 0.25) is 5.02 Å². The van der Waals surface area contributed by atoms with Gasteiger partial charge in [-0.05, 0) is 84.1 Å². The maximum absolute atomic E-state index is 12.6. The summed E-state index contributed by atoms with van der Waals surface area (Å²) in [5.74, 6) is -1.04. The van der Waals surface area contributed by atoms with Crippen LogP contribution in [0.1, 0.15) is 82.0 Å². The summed E-state index contributed by atoms with van der Waals surface area (Å²) in [7, 11) is 0. The van der Waals surface area contributed by atoms with Crippen LogP contribution < -0.4 is 0 Å². The van der Waals surface area contributed by atoms with Crippen molar-refractivity contribution in [2.75, 3.05) is 6.61 Å². The van der Waals surface area contributed by atoms with E-state index in [-0.39, 0.29) is 5.60 Å². The van der Waals surface area contributed by atoms with Gasteiger partial charge in [0.1, 0.15) is 5.65 Å². The van der Waals surface area contributed by atoms with Crippen molar-refractivity contribution in [2.45, 2.75) is 98.0 Å². The van der Waals surface area contributed by atoms with Gasteiger partial charge in [0, 0.05) is 39.5 Å².